The van der Waals surface area contributed by atoms with Gasteiger partial charge in [0.05, 0.1) is 23.9 Å². The molecule has 0 unspecified atom stereocenters. The van der Waals surface area contributed by atoms with E-state index in [0.717, 1.165) is 55.0 Å². The fourth-order valence-corrected chi connectivity index (χ4v) is 7.58. The molecule has 2 atom stereocenters. The van der Waals surface area contributed by atoms with Gasteiger partial charge in [0.25, 0.3) is 5.91 Å². The Morgan fingerprint density at radius 1 is 1.05 bits per heavy atom. The van der Waals surface area contributed by atoms with Gasteiger partial charge in [-0.25, -0.2) is 4.39 Å². The van der Waals surface area contributed by atoms with Crippen molar-refractivity contribution in [1.82, 2.24) is 24.5 Å². The molecule has 2 saturated heterocycles. The van der Waals surface area contributed by atoms with Crippen LogP contribution in [0.5, 0.6) is 0 Å². The number of rotatable bonds is 10. The number of fused-ring (bicyclic) bond motifs is 1. The van der Waals surface area contributed by atoms with Crippen molar-refractivity contribution in [2.45, 2.75) is 88.0 Å². The Bertz CT molecular complexity index is 1280. The zero-order valence-corrected chi connectivity index (χ0v) is 26.1. The Morgan fingerprint density at radius 3 is 2.45 bits per heavy atom. The maximum atomic E-state index is 14.1. The number of halogens is 4. The van der Waals surface area contributed by atoms with Crippen LogP contribution in [-0.4, -0.2) is 111 Å². The number of benzene rings is 1. The largest absolute Gasteiger partial charge is 0.417 e. The molecule has 2 N–H and O–H groups in total. The first-order valence-electron chi connectivity index (χ1n) is 15.7. The van der Waals surface area contributed by atoms with Crippen molar-refractivity contribution in [3.05, 3.63) is 35.0 Å². The van der Waals surface area contributed by atoms with Crippen molar-refractivity contribution in [3.63, 3.8) is 0 Å². The molecule has 1 aromatic carbocycles. The van der Waals surface area contributed by atoms with E-state index in [1.165, 1.54) is 25.5 Å². The summed E-state index contributed by atoms with van der Waals surface area (Å²) in [5, 5.41) is 25.8. The zero-order chi connectivity index (χ0) is 31.4. The summed E-state index contributed by atoms with van der Waals surface area (Å²) in [7, 11) is 0. The van der Waals surface area contributed by atoms with Gasteiger partial charge in [0, 0.05) is 73.2 Å². The number of likely N-dealkylation sites (tertiary alicyclic amines) is 2. The second-order valence-corrected chi connectivity index (χ2v) is 13.4. The number of thioether (sulfide) groups is 1. The Morgan fingerprint density at radius 2 is 1.77 bits per heavy atom. The molecule has 0 bridgehead atoms. The molecule has 0 radical (unpaired) electrons. The quantitative estimate of drug-likeness (QED) is 0.297. The molecule has 1 aromatic heterocycles. The van der Waals surface area contributed by atoms with Gasteiger partial charge in [0.2, 0.25) is 0 Å². The first-order valence-corrected chi connectivity index (χ1v) is 16.6. The number of aromatic nitrogens is 2. The van der Waals surface area contributed by atoms with Crippen LogP contribution in [0.25, 0.3) is 11.3 Å². The molecule has 0 saturated carbocycles. The smallest absolute Gasteiger partial charge is 0.390 e. The van der Waals surface area contributed by atoms with E-state index >= 15 is 0 Å². The summed E-state index contributed by atoms with van der Waals surface area (Å²) in [6, 6.07) is 4.03. The maximum Gasteiger partial charge on any atom is 0.417 e. The highest BCUT2D eigenvalue weighted by molar-refractivity contribution is 7.99. The van der Waals surface area contributed by atoms with Crippen molar-refractivity contribution in [1.29, 1.82) is 0 Å². The van der Waals surface area contributed by atoms with Crippen LogP contribution in [0.4, 0.5) is 17.6 Å². The number of piperidine rings is 2. The van der Waals surface area contributed by atoms with Gasteiger partial charge >= 0.3 is 6.18 Å². The van der Waals surface area contributed by atoms with Crippen LogP contribution < -0.4 is 0 Å². The highest BCUT2D eigenvalue weighted by Crippen LogP contribution is 2.40. The predicted octanol–water partition coefficient (Wildman–Crippen LogP) is 4.21. The molecule has 2 aromatic rings. The molecule has 3 aliphatic rings. The summed E-state index contributed by atoms with van der Waals surface area (Å²) >= 11 is 1.13. The lowest BCUT2D eigenvalue weighted by Gasteiger charge is -2.30. The average Bonchev–Trinajstić information content (AvgIpc) is 3.34. The van der Waals surface area contributed by atoms with Crippen LogP contribution in [0.2, 0.25) is 0 Å². The molecule has 5 rings (SSSR count). The van der Waals surface area contributed by atoms with Crippen LogP contribution in [0.15, 0.2) is 23.1 Å². The van der Waals surface area contributed by atoms with Crippen molar-refractivity contribution >= 4 is 17.7 Å². The summed E-state index contributed by atoms with van der Waals surface area (Å²) in [4.78, 5) is 18.7. The molecule has 8 nitrogen and oxygen atoms in total. The number of alkyl halides is 4. The number of β-amino-alcohol motifs (C(OH)–C–C–N with tert-alkyl or cyclic N) is 1. The molecular formula is C31H43F4N5O3S. The SMILES string of the molecule is C[C@H](O)C(=O)N1CCc2c(c(-c3ccc(C(F)(F)F)c(SCCN4CCC(F)CC4)c3)nn2C[C@@H](O)CN2CCCCC2)C1. The highest BCUT2D eigenvalue weighted by atomic mass is 32.2. The fourth-order valence-electron chi connectivity index (χ4n) is 6.46. The van der Waals surface area contributed by atoms with Gasteiger partial charge in [-0.3, -0.25) is 9.48 Å². The average molecular weight is 642 g/mol. The van der Waals surface area contributed by atoms with Crippen LogP contribution in [0, 0.1) is 0 Å². The number of hydrogen-bond acceptors (Lipinski definition) is 7. The summed E-state index contributed by atoms with van der Waals surface area (Å²) in [5.74, 6) is 0.00926. The second-order valence-electron chi connectivity index (χ2n) is 12.2. The molecule has 4 heterocycles. The topological polar surface area (TPSA) is 85.1 Å². The lowest BCUT2D eigenvalue weighted by atomic mass is 9.99. The van der Waals surface area contributed by atoms with Gasteiger partial charge in [-0.15, -0.1) is 11.8 Å². The van der Waals surface area contributed by atoms with Gasteiger partial charge < -0.3 is 24.9 Å². The minimum Gasteiger partial charge on any atom is -0.390 e. The summed E-state index contributed by atoms with van der Waals surface area (Å²) in [6.07, 6.45) is -2.45. The Balaban J connectivity index is 1.42. The first kappa shape index (κ1) is 33.2. The normalized spacial score (nSPS) is 20.5. The van der Waals surface area contributed by atoms with Crippen LogP contribution in [0.3, 0.4) is 0 Å². The van der Waals surface area contributed by atoms with E-state index in [1.54, 1.807) is 9.58 Å². The van der Waals surface area contributed by atoms with Crippen molar-refractivity contribution in [2.24, 2.45) is 0 Å². The summed E-state index contributed by atoms with van der Waals surface area (Å²) < 4.78 is 57.4. The molecule has 44 heavy (non-hydrogen) atoms. The van der Waals surface area contributed by atoms with E-state index in [2.05, 4.69) is 9.80 Å². The van der Waals surface area contributed by atoms with Crippen LogP contribution in [0.1, 0.15) is 55.8 Å². The lowest BCUT2D eigenvalue weighted by Crippen LogP contribution is -2.42. The molecule has 0 aliphatic carbocycles. The van der Waals surface area contributed by atoms with E-state index in [9.17, 15) is 32.6 Å². The number of hydrogen-bond donors (Lipinski definition) is 2. The van der Waals surface area contributed by atoms with Gasteiger partial charge in [-0.1, -0.05) is 12.5 Å². The van der Waals surface area contributed by atoms with Gasteiger partial charge in [-0.2, -0.15) is 18.3 Å². The van der Waals surface area contributed by atoms with Gasteiger partial charge in [-0.05, 0) is 57.8 Å². The molecule has 3 aliphatic heterocycles. The Labute approximate surface area is 260 Å². The molecule has 13 heteroatoms. The van der Waals surface area contributed by atoms with Crippen molar-refractivity contribution in [2.75, 3.05) is 51.6 Å². The third kappa shape index (κ3) is 8.14. The van der Waals surface area contributed by atoms with E-state index < -0.39 is 36.0 Å². The molecule has 2 fully saturated rings. The molecule has 1 amide bonds. The first-order chi connectivity index (χ1) is 21.0. The third-order valence-corrected chi connectivity index (χ3v) is 9.88. The second kappa shape index (κ2) is 14.5. The Hall–Kier alpha value is -2.19. The van der Waals surface area contributed by atoms with Gasteiger partial charge in [0.1, 0.15) is 12.3 Å². The highest BCUT2D eigenvalue weighted by Gasteiger charge is 2.35. The number of aliphatic hydroxyl groups excluding tert-OH is 2. The van der Waals surface area contributed by atoms with Crippen molar-refractivity contribution < 1.29 is 32.6 Å². The molecular weight excluding hydrogens is 598 g/mol. The third-order valence-electron chi connectivity index (χ3n) is 8.85. The zero-order valence-electron chi connectivity index (χ0n) is 25.2. The number of aliphatic hydroxyl groups is 2. The van der Waals surface area contributed by atoms with E-state index in [0.29, 0.717) is 69.0 Å². The van der Waals surface area contributed by atoms with E-state index in [-0.39, 0.29) is 18.0 Å². The summed E-state index contributed by atoms with van der Waals surface area (Å²) in [6.45, 7) is 6.36. The number of amides is 1. The van der Waals surface area contributed by atoms with E-state index in [4.69, 9.17) is 5.10 Å². The van der Waals surface area contributed by atoms with Crippen LogP contribution >= 0.6 is 11.8 Å². The number of carbonyl (C=O) groups excluding carboxylic acids is 1. The van der Waals surface area contributed by atoms with Crippen molar-refractivity contribution in [3.8, 4) is 11.3 Å². The number of nitrogens with zero attached hydrogens (tertiary/aromatic N) is 5. The monoisotopic (exact) mass is 641 g/mol. The Kier molecular flexibility index (Phi) is 10.9. The fraction of sp³-hybridized carbons (Fsp3) is 0.677. The van der Waals surface area contributed by atoms with E-state index in [1.807, 2.05) is 0 Å². The predicted molar refractivity (Wildman–Crippen MR) is 161 cm³/mol. The van der Waals surface area contributed by atoms with Gasteiger partial charge in [0.15, 0.2) is 0 Å². The minimum atomic E-state index is -4.54. The molecule has 0 spiro atoms. The maximum absolute atomic E-state index is 14.1. The lowest BCUT2D eigenvalue weighted by molar-refractivity contribution is -0.140. The number of carbonyl (C=O) groups is 1. The minimum absolute atomic E-state index is 0.0940. The standard InChI is InChI=1S/C31H43F4N5O3S/c1-21(41)30(43)39-14-9-27-25(20-39)29(36-40(27)19-24(42)18-38-10-3-2-4-11-38)22-5-6-26(31(33,34)35)28(17-22)44-16-15-37-12-7-23(32)8-13-37/h5-6,17,21,23-24,41-42H,2-4,7-16,18-20H2,1H3/t21-,24-/m0/s1. The summed E-state index contributed by atoms with van der Waals surface area (Å²) in [5.41, 5.74) is 1.84. The molecule has 244 valence electrons. The van der Waals surface area contributed by atoms with Crippen LogP contribution in [-0.2, 0) is 30.5 Å².